The smallest absolute Gasteiger partial charge is 0.277 e. The molecule has 0 saturated heterocycles. The SMILES string of the molecule is CC(=NNC(=O)COc1ccc2ccccc2c1)c1ccc(C)s1. The molecule has 0 aliphatic carbocycles. The van der Waals surface area contributed by atoms with Crippen molar-refractivity contribution in [3.63, 3.8) is 0 Å². The van der Waals surface area contributed by atoms with E-state index in [-0.39, 0.29) is 12.5 Å². The summed E-state index contributed by atoms with van der Waals surface area (Å²) in [5.41, 5.74) is 3.31. The number of thiophene rings is 1. The van der Waals surface area contributed by atoms with E-state index in [4.69, 9.17) is 4.74 Å². The van der Waals surface area contributed by atoms with Gasteiger partial charge >= 0.3 is 0 Å². The van der Waals surface area contributed by atoms with Crippen molar-refractivity contribution in [2.75, 3.05) is 6.61 Å². The Morgan fingerprint density at radius 1 is 1.12 bits per heavy atom. The number of nitrogens with one attached hydrogen (secondary N) is 1. The zero-order valence-corrected chi connectivity index (χ0v) is 14.4. The number of rotatable bonds is 5. The summed E-state index contributed by atoms with van der Waals surface area (Å²) in [6.45, 7) is 3.84. The minimum atomic E-state index is -0.282. The second-order valence-electron chi connectivity index (χ2n) is 5.44. The summed E-state index contributed by atoms with van der Waals surface area (Å²) in [7, 11) is 0. The number of ether oxygens (including phenoxy) is 1. The molecule has 0 fully saturated rings. The van der Waals surface area contributed by atoms with Crippen LogP contribution in [-0.4, -0.2) is 18.2 Å². The molecule has 1 amide bonds. The topological polar surface area (TPSA) is 50.7 Å². The van der Waals surface area contributed by atoms with Gasteiger partial charge in [-0.2, -0.15) is 5.10 Å². The second-order valence-corrected chi connectivity index (χ2v) is 6.73. The molecule has 0 aliphatic rings. The summed E-state index contributed by atoms with van der Waals surface area (Å²) < 4.78 is 5.54. The van der Waals surface area contributed by atoms with Crippen LogP contribution in [0.15, 0.2) is 59.7 Å². The molecule has 0 bridgehead atoms. The third-order valence-electron chi connectivity index (χ3n) is 3.54. The maximum Gasteiger partial charge on any atom is 0.277 e. The third-order valence-corrected chi connectivity index (χ3v) is 4.65. The molecule has 0 aliphatic heterocycles. The summed E-state index contributed by atoms with van der Waals surface area (Å²) in [6.07, 6.45) is 0. The lowest BCUT2D eigenvalue weighted by Crippen LogP contribution is -2.25. The molecule has 0 saturated carbocycles. The summed E-state index contributed by atoms with van der Waals surface area (Å²) in [4.78, 5) is 14.1. The Morgan fingerprint density at radius 3 is 2.67 bits per heavy atom. The van der Waals surface area contributed by atoms with Crippen LogP contribution in [0.1, 0.15) is 16.7 Å². The Bertz CT molecular complexity index is 899. The van der Waals surface area contributed by atoms with Crippen LogP contribution >= 0.6 is 11.3 Å². The van der Waals surface area contributed by atoms with Gasteiger partial charge in [-0.05, 0) is 48.9 Å². The van der Waals surface area contributed by atoms with Crippen molar-refractivity contribution in [1.29, 1.82) is 0 Å². The molecule has 0 atom stereocenters. The molecule has 24 heavy (non-hydrogen) atoms. The quantitative estimate of drug-likeness (QED) is 0.562. The normalized spacial score (nSPS) is 11.5. The zero-order chi connectivity index (χ0) is 16.9. The first-order valence-corrected chi connectivity index (χ1v) is 8.45. The number of benzene rings is 2. The van der Waals surface area contributed by atoms with E-state index in [1.54, 1.807) is 11.3 Å². The van der Waals surface area contributed by atoms with E-state index in [0.29, 0.717) is 5.75 Å². The second kappa shape index (κ2) is 7.27. The summed E-state index contributed by atoms with van der Waals surface area (Å²) in [5, 5.41) is 6.34. The molecule has 1 N–H and O–H groups in total. The fourth-order valence-electron chi connectivity index (χ4n) is 2.27. The highest BCUT2D eigenvalue weighted by Gasteiger charge is 2.05. The fourth-order valence-corrected chi connectivity index (χ4v) is 3.08. The van der Waals surface area contributed by atoms with E-state index < -0.39 is 0 Å². The predicted molar refractivity (Wildman–Crippen MR) is 98.9 cm³/mol. The van der Waals surface area contributed by atoms with Crippen molar-refractivity contribution >= 4 is 33.7 Å². The lowest BCUT2D eigenvalue weighted by Gasteiger charge is -2.06. The van der Waals surface area contributed by atoms with Crippen LogP contribution in [-0.2, 0) is 4.79 Å². The average molecular weight is 338 g/mol. The monoisotopic (exact) mass is 338 g/mol. The molecular formula is C19H18N2O2S. The van der Waals surface area contributed by atoms with Crippen molar-refractivity contribution in [2.45, 2.75) is 13.8 Å². The number of carbonyl (C=O) groups is 1. The van der Waals surface area contributed by atoms with Crippen LogP contribution in [0.5, 0.6) is 5.75 Å². The zero-order valence-electron chi connectivity index (χ0n) is 13.6. The molecule has 3 rings (SSSR count). The molecule has 2 aromatic carbocycles. The minimum absolute atomic E-state index is 0.0708. The predicted octanol–water partition coefficient (Wildman–Crippen LogP) is 4.13. The van der Waals surface area contributed by atoms with E-state index >= 15 is 0 Å². The van der Waals surface area contributed by atoms with Gasteiger partial charge in [-0.1, -0.05) is 30.3 Å². The third kappa shape index (κ3) is 4.00. The number of aryl methyl sites for hydroxylation is 1. The van der Waals surface area contributed by atoms with Gasteiger partial charge in [0.25, 0.3) is 5.91 Å². The van der Waals surface area contributed by atoms with Gasteiger partial charge in [-0.15, -0.1) is 11.3 Å². The van der Waals surface area contributed by atoms with Gasteiger partial charge in [0, 0.05) is 4.88 Å². The largest absolute Gasteiger partial charge is 0.484 e. The van der Waals surface area contributed by atoms with E-state index in [1.807, 2.05) is 68.4 Å². The first-order valence-electron chi connectivity index (χ1n) is 7.63. The van der Waals surface area contributed by atoms with Gasteiger partial charge in [0.15, 0.2) is 6.61 Å². The fraction of sp³-hybridized carbons (Fsp3) is 0.158. The number of nitrogens with zero attached hydrogens (tertiary/aromatic N) is 1. The van der Waals surface area contributed by atoms with Crippen LogP contribution < -0.4 is 10.2 Å². The molecule has 1 heterocycles. The summed E-state index contributed by atoms with van der Waals surface area (Å²) in [5.74, 6) is 0.384. The number of fused-ring (bicyclic) bond motifs is 1. The molecule has 0 spiro atoms. The molecule has 122 valence electrons. The van der Waals surface area contributed by atoms with Crippen molar-refractivity contribution in [1.82, 2.24) is 5.43 Å². The highest BCUT2D eigenvalue weighted by Crippen LogP contribution is 2.20. The minimum Gasteiger partial charge on any atom is -0.484 e. The van der Waals surface area contributed by atoms with Crippen LogP contribution in [0.2, 0.25) is 0 Å². The lowest BCUT2D eigenvalue weighted by atomic mass is 10.1. The molecular weight excluding hydrogens is 320 g/mol. The summed E-state index contributed by atoms with van der Waals surface area (Å²) >= 11 is 1.65. The number of amides is 1. The molecule has 4 nitrogen and oxygen atoms in total. The molecule has 3 aromatic rings. The Kier molecular flexibility index (Phi) is 4.91. The molecule has 1 aromatic heterocycles. The highest BCUT2D eigenvalue weighted by molar-refractivity contribution is 7.14. The van der Waals surface area contributed by atoms with Gasteiger partial charge in [0.1, 0.15) is 5.75 Å². The first-order chi connectivity index (χ1) is 11.6. The van der Waals surface area contributed by atoms with Crippen LogP contribution in [0, 0.1) is 6.92 Å². The number of carbonyl (C=O) groups excluding carboxylic acids is 1. The maximum atomic E-state index is 11.9. The van der Waals surface area contributed by atoms with Gasteiger partial charge in [-0.25, -0.2) is 5.43 Å². The average Bonchev–Trinajstić information content (AvgIpc) is 3.04. The van der Waals surface area contributed by atoms with Crippen molar-refractivity contribution < 1.29 is 9.53 Å². The van der Waals surface area contributed by atoms with Crippen LogP contribution in [0.25, 0.3) is 10.8 Å². The number of hydrogen-bond donors (Lipinski definition) is 1. The van der Waals surface area contributed by atoms with E-state index in [1.165, 1.54) is 4.88 Å². The maximum absolute atomic E-state index is 11.9. The Morgan fingerprint density at radius 2 is 1.92 bits per heavy atom. The first kappa shape index (κ1) is 16.2. The Hall–Kier alpha value is -2.66. The van der Waals surface area contributed by atoms with E-state index in [0.717, 1.165) is 21.4 Å². The lowest BCUT2D eigenvalue weighted by molar-refractivity contribution is -0.123. The van der Waals surface area contributed by atoms with Gasteiger partial charge in [0.05, 0.1) is 10.6 Å². The van der Waals surface area contributed by atoms with E-state index in [2.05, 4.69) is 10.5 Å². The summed E-state index contributed by atoms with van der Waals surface area (Å²) in [6, 6.07) is 17.8. The van der Waals surface area contributed by atoms with Crippen LogP contribution in [0.4, 0.5) is 0 Å². The van der Waals surface area contributed by atoms with Crippen molar-refractivity contribution in [2.24, 2.45) is 5.10 Å². The van der Waals surface area contributed by atoms with Gasteiger partial charge < -0.3 is 4.74 Å². The Balaban J connectivity index is 1.56. The standard InChI is InChI=1S/C19H18N2O2S/c1-13-7-10-18(24-13)14(2)20-21-19(22)12-23-17-9-8-15-5-3-4-6-16(15)11-17/h3-11H,12H2,1-2H3,(H,21,22). The molecule has 5 heteroatoms. The highest BCUT2D eigenvalue weighted by atomic mass is 32.1. The Labute approximate surface area is 144 Å². The molecule has 0 unspecified atom stereocenters. The van der Waals surface area contributed by atoms with Crippen LogP contribution in [0.3, 0.4) is 0 Å². The number of hydrazone groups is 1. The van der Waals surface area contributed by atoms with Crippen molar-refractivity contribution in [3.8, 4) is 5.75 Å². The van der Waals surface area contributed by atoms with E-state index in [9.17, 15) is 4.79 Å². The van der Waals surface area contributed by atoms with Gasteiger partial charge in [-0.3, -0.25) is 4.79 Å². The van der Waals surface area contributed by atoms with Crippen molar-refractivity contribution in [3.05, 3.63) is 64.4 Å². The van der Waals surface area contributed by atoms with Gasteiger partial charge in [0.2, 0.25) is 0 Å². The number of hydrogen-bond acceptors (Lipinski definition) is 4. The molecule has 0 radical (unpaired) electrons.